The topological polar surface area (TPSA) is 198 Å². The maximum Gasteiger partial charge on any atom is 0.341 e. The molecule has 15 heteroatoms. The van der Waals surface area contributed by atoms with Crippen molar-refractivity contribution in [3.63, 3.8) is 0 Å². The quantitative estimate of drug-likeness (QED) is 0.191. The van der Waals surface area contributed by atoms with Crippen LogP contribution in [0.2, 0.25) is 10.0 Å². The van der Waals surface area contributed by atoms with Gasteiger partial charge in [-0.2, -0.15) is 0 Å². The zero-order valence-electron chi connectivity index (χ0n) is 25.0. The van der Waals surface area contributed by atoms with Gasteiger partial charge in [0.15, 0.2) is 12.4 Å². The van der Waals surface area contributed by atoms with Crippen molar-refractivity contribution in [2.24, 2.45) is 11.1 Å². The van der Waals surface area contributed by atoms with E-state index in [9.17, 15) is 33.9 Å². The van der Waals surface area contributed by atoms with Gasteiger partial charge in [0.05, 0.1) is 40.2 Å². The lowest BCUT2D eigenvalue weighted by Crippen LogP contribution is -2.55. The summed E-state index contributed by atoms with van der Waals surface area (Å²) in [5.41, 5.74) is -0.990. The Bertz CT molecular complexity index is 1490. The molecule has 2 amide bonds. The molecule has 0 radical (unpaired) electrons. The van der Waals surface area contributed by atoms with Crippen molar-refractivity contribution in [3.8, 4) is 0 Å². The molecule has 46 heavy (non-hydrogen) atoms. The van der Waals surface area contributed by atoms with Crippen molar-refractivity contribution >= 4 is 64.4 Å². The van der Waals surface area contributed by atoms with Crippen LogP contribution in [-0.2, 0) is 40.0 Å². The van der Waals surface area contributed by atoms with Crippen molar-refractivity contribution in [1.29, 1.82) is 0 Å². The lowest BCUT2D eigenvalue weighted by molar-refractivity contribution is -0.148. The van der Waals surface area contributed by atoms with Gasteiger partial charge in [0.1, 0.15) is 6.04 Å². The highest BCUT2D eigenvalue weighted by molar-refractivity contribution is 6.39. The fourth-order valence-electron chi connectivity index (χ4n) is 4.71. The van der Waals surface area contributed by atoms with Crippen LogP contribution >= 0.6 is 23.2 Å². The Labute approximate surface area is 274 Å². The van der Waals surface area contributed by atoms with Crippen LogP contribution in [0.5, 0.6) is 0 Å². The first-order valence-electron chi connectivity index (χ1n) is 14.2. The summed E-state index contributed by atoms with van der Waals surface area (Å²) in [6, 6.07) is 10.7. The number of Topliss-reactive ketones (excluding diaryl/α,β-unsaturated/α-hetero) is 1. The number of ketones is 1. The van der Waals surface area contributed by atoms with Gasteiger partial charge >= 0.3 is 17.9 Å². The van der Waals surface area contributed by atoms with E-state index in [1.807, 2.05) is 0 Å². The lowest BCUT2D eigenvalue weighted by Gasteiger charge is -2.29. The third kappa shape index (κ3) is 9.75. The maximum atomic E-state index is 13.9. The van der Waals surface area contributed by atoms with Crippen molar-refractivity contribution < 1.29 is 48.6 Å². The minimum Gasteiger partial charge on any atom is -0.481 e. The summed E-state index contributed by atoms with van der Waals surface area (Å²) < 4.78 is 5.06. The van der Waals surface area contributed by atoms with Gasteiger partial charge < -0.3 is 30.4 Å². The van der Waals surface area contributed by atoms with E-state index in [4.69, 9.17) is 37.9 Å². The third-order valence-electron chi connectivity index (χ3n) is 7.04. The van der Waals surface area contributed by atoms with E-state index in [1.165, 1.54) is 18.2 Å². The minimum atomic E-state index is -1.76. The SMILES string of the molecule is CC(C)C(NC(=O)CCC(=O)O)C1=NOC(Cc2ccccc2)(C(=O)NC(CC(=O)O)C(=O)COC(=O)c2c(Cl)cccc2Cl)C1. The van der Waals surface area contributed by atoms with Crippen LogP contribution in [0, 0.1) is 5.92 Å². The maximum absolute atomic E-state index is 13.9. The number of carboxylic acid groups (broad SMARTS) is 2. The van der Waals surface area contributed by atoms with Crippen LogP contribution in [0.4, 0.5) is 0 Å². The number of nitrogens with one attached hydrogen (secondary N) is 2. The Morgan fingerprint density at radius 2 is 1.59 bits per heavy atom. The van der Waals surface area contributed by atoms with E-state index in [-0.39, 0.29) is 52.9 Å². The number of hydrogen-bond acceptors (Lipinski definition) is 9. The first-order chi connectivity index (χ1) is 21.7. The number of benzene rings is 2. The molecule has 3 atom stereocenters. The number of carbonyl (C=O) groups is 6. The normalized spacial score (nSPS) is 16.8. The Morgan fingerprint density at radius 3 is 2.17 bits per heavy atom. The summed E-state index contributed by atoms with van der Waals surface area (Å²) >= 11 is 12.1. The second kappa shape index (κ2) is 16.2. The highest BCUT2D eigenvalue weighted by Gasteiger charge is 2.49. The van der Waals surface area contributed by atoms with Crippen LogP contribution < -0.4 is 10.6 Å². The molecule has 3 unspecified atom stereocenters. The first kappa shape index (κ1) is 36.0. The van der Waals surface area contributed by atoms with Crippen LogP contribution in [0.15, 0.2) is 53.7 Å². The molecule has 246 valence electrons. The fourth-order valence-corrected chi connectivity index (χ4v) is 5.26. The second-order valence-corrected chi connectivity index (χ2v) is 11.8. The van der Waals surface area contributed by atoms with Crippen molar-refractivity contribution in [3.05, 3.63) is 69.7 Å². The van der Waals surface area contributed by atoms with Gasteiger partial charge in [-0.05, 0) is 23.6 Å². The number of amides is 2. The molecule has 1 heterocycles. The predicted molar refractivity (Wildman–Crippen MR) is 166 cm³/mol. The molecule has 1 aliphatic rings. The number of hydrogen-bond donors (Lipinski definition) is 4. The van der Waals surface area contributed by atoms with E-state index in [1.54, 1.807) is 44.2 Å². The molecule has 0 spiro atoms. The summed E-state index contributed by atoms with van der Waals surface area (Å²) in [6.07, 6.45) is -1.67. The lowest BCUT2D eigenvalue weighted by atomic mass is 9.84. The van der Waals surface area contributed by atoms with Crippen molar-refractivity contribution in [1.82, 2.24) is 10.6 Å². The highest BCUT2D eigenvalue weighted by atomic mass is 35.5. The number of esters is 1. The summed E-state index contributed by atoms with van der Waals surface area (Å²) in [7, 11) is 0. The molecule has 0 aliphatic carbocycles. The standard InChI is InChI=1S/C31H33Cl2N3O10/c1-17(2)28(35-24(38)11-12-25(39)40)22-15-31(46-36-22,14-18-7-4-3-5-8-18)30(44)34-21(13-26(41)42)23(37)16-45-29(43)27-19(32)9-6-10-20(27)33/h3-10,17,21,28H,11-16H2,1-2H3,(H,34,44)(H,35,38)(H,39,40)(H,41,42). The molecular weight excluding hydrogens is 645 g/mol. The molecule has 2 aromatic rings. The number of carboxylic acids is 2. The van der Waals surface area contributed by atoms with Gasteiger partial charge in [-0.3, -0.25) is 24.0 Å². The minimum absolute atomic E-state index is 0.0184. The molecule has 13 nitrogen and oxygen atoms in total. The fraction of sp³-hybridized carbons (Fsp3) is 0.387. The second-order valence-electron chi connectivity index (χ2n) is 11.0. The Hall–Kier alpha value is -4.49. The van der Waals surface area contributed by atoms with Gasteiger partial charge in [0.25, 0.3) is 5.91 Å². The molecular formula is C31H33Cl2N3O10. The summed E-state index contributed by atoms with van der Waals surface area (Å²) in [6.45, 7) is 2.69. The van der Waals surface area contributed by atoms with Gasteiger partial charge in [-0.25, -0.2) is 4.79 Å². The van der Waals surface area contributed by atoms with E-state index < -0.39 is 66.2 Å². The zero-order chi connectivity index (χ0) is 34.0. The van der Waals surface area contributed by atoms with Crippen LogP contribution in [0.1, 0.15) is 55.5 Å². The van der Waals surface area contributed by atoms with Gasteiger partial charge in [-0.15, -0.1) is 0 Å². The third-order valence-corrected chi connectivity index (χ3v) is 7.67. The smallest absolute Gasteiger partial charge is 0.341 e. The molecule has 0 saturated carbocycles. The molecule has 3 rings (SSSR count). The number of oxime groups is 1. The van der Waals surface area contributed by atoms with Gasteiger partial charge in [0, 0.05) is 19.3 Å². The summed E-state index contributed by atoms with van der Waals surface area (Å²) in [5, 5.41) is 27.7. The predicted octanol–water partition coefficient (Wildman–Crippen LogP) is 3.44. The number of ether oxygens (including phenoxy) is 1. The highest BCUT2D eigenvalue weighted by Crippen LogP contribution is 2.32. The van der Waals surface area contributed by atoms with Crippen LogP contribution in [0.3, 0.4) is 0 Å². The average Bonchev–Trinajstić information content (AvgIpc) is 3.41. The molecule has 1 aliphatic heterocycles. The Balaban J connectivity index is 1.82. The van der Waals surface area contributed by atoms with E-state index in [0.717, 1.165) is 0 Å². The molecule has 4 N–H and O–H groups in total. The van der Waals surface area contributed by atoms with Crippen molar-refractivity contribution in [2.75, 3.05) is 6.61 Å². The van der Waals surface area contributed by atoms with E-state index >= 15 is 0 Å². The number of nitrogens with zero attached hydrogens (tertiary/aromatic N) is 1. The summed E-state index contributed by atoms with van der Waals surface area (Å²) in [4.78, 5) is 80.4. The molecule has 0 bridgehead atoms. The van der Waals surface area contributed by atoms with E-state index in [2.05, 4.69) is 15.8 Å². The summed E-state index contributed by atoms with van der Waals surface area (Å²) in [5.74, 6) is -6.13. The Morgan fingerprint density at radius 1 is 0.935 bits per heavy atom. The number of halogens is 2. The largest absolute Gasteiger partial charge is 0.481 e. The van der Waals surface area contributed by atoms with Crippen LogP contribution in [-0.4, -0.2) is 75.7 Å². The average molecular weight is 679 g/mol. The molecule has 2 aromatic carbocycles. The monoisotopic (exact) mass is 677 g/mol. The molecule has 0 aromatic heterocycles. The number of rotatable bonds is 16. The number of carbonyl (C=O) groups excluding carboxylic acids is 4. The van der Waals surface area contributed by atoms with Crippen molar-refractivity contribution in [2.45, 2.75) is 63.6 Å². The van der Waals surface area contributed by atoms with Gasteiger partial charge in [0.2, 0.25) is 11.5 Å². The zero-order valence-corrected chi connectivity index (χ0v) is 26.5. The molecule has 0 fully saturated rings. The number of aliphatic carboxylic acids is 2. The van der Waals surface area contributed by atoms with Crippen LogP contribution in [0.25, 0.3) is 0 Å². The first-order valence-corrected chi connectivity index (χ1v) is 14.9. The Kier molecular flexibility index (Phi) is 12.7. The molecule has 0 saturated heterocycles. The van der Waals surface area contributed by atoms with Gasteiger partial charge in [-0.1, -0.05) is 78.6 Å². The van der Waals surface area contributed by atoms with E-state index in [0.29, 0.717) is 5.56 Å².